The van der Waals surface area contributed by atoms with E-state index in [4.69, 9.17) is 4.74 Å². The van der Waals surface area contributed by atoms with Gasteiger partial charge in [-0.15, -0.1) is 0 Å². The number of carbonyl (C=O) groups is 1. The quantitative estimate of drug-likeness (QED) is 0.598. The average Bonchev–Trinajstić information content (AvgIpc) is 3.08. The smallest absolute Gasteiger partial charge is 0.327 e. The van der Waals surface area contributed by atoms with Crippen LogP contribution in [0.5, 0.6) is 0 Å². The molecule has 5 nitrogen and oxygen atoms in total. The molecule has 7 heteroatoms. The summed E-state index contributed by atoms with van der Waals surface area (Å²) >= 11 is 0. The number of ether oxygens (including phenoxy) is 1. The van der Waals surface area contributed by atoms with Crippen LogP contribution < -0.4 is 0 Å². The number of fused-ring (bicyclic) bond motifs is 1. The van der Waals surface area contributed by atoms with Gasteiger partial charge in [0.15, 0.2) is 11.6 Å². The summed E-state index contributed by atoms with van der Waals surface area (Å²) in [5.41, 5.74) is 1.26. The zero-order chi connectivity index (χ0) is 21.3. The number of aromatic nitrogens is 2. The number of carboxylic acid groups (broad SMARTS) is 1. The number of aliphatic carboxylic acids is 1. The Kier molecular flexibility index (Phi) is 5.81. The Balaban J connectivity index is 1.96. The Bertz CT molecular complexity index is 1050. The normalized spacial score (nSPS) is 17.2. The molecule has 1 heterocycles. The van der Waals surface area contributed by atoms with Gasteiger partial charge in [-0.3, -0.25) is 0 Å². The molecule has 30 heavy (non-hydrogen) atoms. The Morgan fingerprint density at radius 3 is 2.43 bits per heavy atom. The van der Waals surface area contributed by atoms with Crippen molar-refractivity contribution < 1.29 is 23.4 Å². The molecule has 1 aliphatic carbocycles. The molecule has 1 N–H and O–H groups in total. The Labute approximate surface area is 173 Å². The van der Waals surface area contributed by atoms with E-state index in [1.54, 1.807) is 4.57 Å². The number of hydrogen-bond acceptors (Lipinski definition) is 3. The predicted molar refractivity (Wildman–Crippen MR) is 108 cm³/mol. The molecule has 1 fully saturated rings. The second-order valence-corrected chi connectivity index (χ2v) is 7.80. The highest BCUT2D eigenvalue weighted by Crippen LogP contribution is 2.39. The molecule has 1 aliphatic rings. The van der Waals surface area contributed by atoms with Crippen LogP contribution in [0.3, 0.4) is 0 Å². The molecule has 0 bridgehead atoms. The van der Waals surface area contributed by atoms with Crippen molar-refractivity contribution >= 4 is 17.0 Å². The number of rotatable bonds is 6. The van der Waals surface area contributed by atoms with Crippen LogP contribution in [0.4, 0.5) is 8.78 Å². The fourth-order valence-electron chi connectivity index (χ4n) is 4.58. The summed E-state index contributed by atoms with van der Waals surface area (Å²) in [4.78, 5) is 17.0. The van der Waals surface area contributed by atoms with Gasteiger partial charge in [0.05, 0.1) is 11.0 Å². The maximum Gasteiger partial charge on any atom is 0.327 e. The summed E-state index contributed by atoms with van der Waals surface area (Å²) in [6.45, 7) is 0. The van der Waals surface area contributed by atoms with Crippen LogP contribution in [0.25, 0.3) is 11.0 Å². The molecule has 1 aromatic heterocycles. The topological polar surface area (TPSA) is 64.4 Å². The standard InChI is InChI=1S/C23H24F2N2O3/c1-30-21(15-10-6-3-7-11-15)22-26-18-12-16(24)17(25)13-19(18)27(22)20(23(28)29)14-8-4-2-5-9-14/h3,6-7,10-14,20-21H,2,4-5,8-9H2,1H3,(H,28,29)/t20-,21-/m0/s1. The van der Waals surface area contributed by atoms with Crippen molar-refractivity contribution in [2.45, 2.75) is 44.2 Å². The number of nitrogens with zero attached hydrogens (tertiary/aromatic N) is 2. The lowest BCUT2D eigenvalue weighted by Crippen LogP contribution is -2.31. The first kappa shape index (κ1) is 20.5. The Morgan fingerprint density at radius 2 is 1.80 bits per heavy atom. The van der Waals surface area contributed by atoms with Crippen LogP contribution in [0.1, 0.15) is 55.6 Å². The van der Waals surface area contributed by atoms with Crippen molar-refractivity contribution in [2.75, 3.05) is 7.11 Å². The van der Waals surface area contributed by atoms with Gasteiger partial charge in [0, 0.05) is 19.2 Å². The minimum absolute atomic E-state index is 0.117. The maximum absolute atomic E-state index is 14.2. The van der Waals surface area contributed by atoms with Crippen LogP contribution in [0.15, 0.2) is 42.5 Å². The van der Waals surface area contributed by atoms with Gasteiger partial charge < -0.3 is 14.4 Å². The van der Waals surface area contributed by atoms with Crippen molar-refractivity contribution in [3.63, 3.8) is 0 Å². The van der Waals surface area contributed by atoms with Crippen molar-refractivity contribution in [3.8, 4) is 0 Å². The minimum Gasteiger partial charge on any atom is -0.480 e. The van der Waals surface area contributed by atoms with E-state index in [9.17, 15) is 18.7 Å². The number of methoxy groups -OCH3 is 1. The van der Waals surface area contributed by atoms with E-state index in [2.05, 4.69) is 4.98 Å². The molecule has 0 radical (unpaired) electrons. The molecule has 4 rings (SSSR count). The van der Waals surface area contributed by atoms with Gasteiger partial charge in [-0.05, 0) is 24.3 Å². The Hall–Kier alpha value is -2.80. The molecule has 0 saturated heterocycles. The zero-order valence-electron chi connectivity index (χ0n) is 16.7. The second kappa shape index (κ2) is 8.52. The molecule has 2 aromatic carbocycles. The van der Waals surface area contributed by atoms with Crippen LogP contribution in [-0.4, -0.2) is 27.7 Å². The fourth-order valence-corrected chi connectivity index (χ4v) is 4.58. The van der Waals surface area contributed by atoms with Crippen molar-refractivity contribution in [3.05, 3.63) is 65.5 Å². The molecule has 0 unspecified atom stereocenters. The highest BCUT2D eigenvalue weighted by Gasteiger charge is 2.36. The molecule has 2 atom stereocenters. The van der Waals surface area contributed by atoms with E-state index in [1.165, 1.54) is 7.11 Å². The van der Waals surface area contributed by atoms with E-state index >= 15 is 0 Å². The molecule has 1 saturated carbocycles. The first-order chi connectivity index (χ1) is 14.5. The molecule has 0 spiro atoms. The minimum atomic E-state index is -1.03. The predicted octanol–water partition coefficient (Wildman–Crippen LogP) is 5.26. The van der Waals surface area contributed by atoms with Crippen LogP contribution in [0.2, 0.25) is 0 Å². The third kappa shape index (κ3) is 3.69. The van der Waals surface area contributed by atoms with Crippen LogP contribution in [-0.2, 0) is 9.53 Å². The zero-order valence-corrected chi connectivity index (χ0v) is 16.7. The second-order valence-electron chi connectivity index (χ2n) is 7.80. The SMILES string of the molecule is CO[C@@H](c1ccccc1)c1nc2cc(F)c(F)cc2n1[C@H](C(=O)O)C1CCCCC1. The third-order valence-electron chi connectivity index (χ3n) is 5.96. The summed E-state index contributed by atoms with van der Waals surface area (Å²) in [7, 11) is 1.51. The van der Waals surface area contributed by atoms with Crippen molar-refractivity contribution in [2.24, 2.45) is 5.92 Å². The molecule has 3 aromatic rings. The monoisotopic (exact) mass is 414 g/mol. The number of hydrogen-bond donors (Lipinski definition) is 1. The number of benzene rings is 2. The van der Waals surface area contributed by atoms with Gasteiger partial charge in [0.2, 0.25) is 0 Å². The highest BCUT2D eigenvalue weighted by molar-refractivity contribution is 5.81. The van der Waals surface area contributed by atoms with Crippen molar-refractivity contribution in [1.29, 1.82) is 0 Å². The first-order valence-corrected chi connectivity index (χ1v) is 10.2. The average molecular weight is 414 g/mol. The lowest BCUT2D eigenvalue weighted by Gasteiger charge is -2.31. The van der Waals surface area contributed by atoms with Gasteiger partial charge in [-0.2, -0.15) is 0 Å². The van der Waals surface area contributed by atoms with Gasteiger partial charge in [0.25, 0.3) is 0 Å². The summed E-state index contributed by atoms with van der Waals surface area (Å²) in [5.74, 6) is -2.83. The lowest BCUT2D eigenvalue weighted by atomic mass is 9.83. The fraction of sp³-hybridized carbons (Fsp3) is 0.391. The number of carboxylic acids is 1. The van der Waals surface area contributed by atoms with Gasteiger partial charge >= 0.3 is 5.97 Å². The van der Waals surface area contributed by atoms with E-state index in [0.717, 1.165) is 49.8 Å². The molecule has 0 amide bonds. The van der Waals surface area contributed by atoms with E-state index in [1.807, 2.05) is 30.3 Å². The third-order valence-corrected chi connectivity index (χ3v) is 5.96. The summed E-state index contributed by atoms with van der Waals surface area (Å²) in [5, 5.41) is 10.2. The molecule has 158 valence electrons. The largest absolute Gasteiger partial charge is 0.480 e. The van der Waals surface area contributed by atoms with E-state index < -0.39 is 29.7 Å². The molecular weight excluding hydrogens is 390 g/mol. The Morgan fingerprint density at radius 1 is 1.13 bits per heavy atom. The van der Waals surface area contributed by atoms with Gasteiger partial charge in [-0.1, -0.05) is 49.6 Å². The van der Waals surface area contributed by atoms with Crippen LogP contribution >= 0.6 is 0 Å². The number of imidazole rings is 1. The molecular formula is C23H24F2N2O3. The van der Waals surface area contributed by atoms with E-state index in [-0.39, 0.29) is 17.0 Å². The van der Waals surface area contributed by atoms with Gasteiger partial charge in [-0.25, -0.2) is 18.6 Å². The lowest BCUT2D eigenvalue weighted by molar-refractivity contribution is -0.143. The summed E-state index contributed by atoms with van der Waals surface area (Å²) < 4.78 is 35.4. The maximum atomic E-state index is 14.2. The van der Waals surface area contributed by atoms with Gasteiger partial charge in [0.1, 0.15) is 18.0 Å². The first-order valence-electron chi connectivity index (χ1n) is 10.2. The van der Waals surface area contributed by atoms with Crippen LogP contribution in [0, 0.1) is 17.6 Å². The number of halogens is 2. The van der Waals surface area contributed by atoms with Crippen molar-refractivity contribution in [1.82, 2.24) is 9.55 Å². The van der Waals surface area contributed by atoms with E-state index in [0.29, 0.717) is 5.82 Å². The summed E-state index contributed by atoms with van der Waals surface area (Å²) in [6, 6.07) is 10.4. The highest BCUT2D eigenvalue weighted by atomic mass is 19.2. The molecule has 0 aliphatic heterocycles. The summed E-state index contributed by atoms with van der Waals surface area (Å²) in [6.07, 6.45) is 3.84.